The topological polar surface area (TPSA) is 68.2 Å². The van der Waals surface area contributed by atoms with Gasteiger partial charge in [-0.25, -0.2) is 8.78 Å². The van der Waals surface area contributed by atoms with E-state index in [9.17, 15) is 23.2 Å². The van der Waals surface area contributed by atoms with Gasteiger partial charge in [0.15, 0.2) is 17.4 Å². The van der Waals surface area contributed by atoms with Crippen molar-refractivity contribution in [3.05, 3.63) is 39.2 Å². The number of anilines is 1. The molecule has 24 heavy (non-hydrogen) atoms. The minimum Gasteiger partial charge on any atom is -0.343 e. The molecular weight excluding hydrogens is 318 g/mol. The van der Waals surface area contributed by atoms with Gasteiger partial charge in [-0.3, -0.25) is 14.4 Å². The van der Waals surface area contributed by atoms with Crippen molar-refractivity contribution < 1.29 is 18.4 Å². The number of nitrogens with one attached hydrogen (secondary N) is 1. The SMILES string of the molecule is CC(=O)Nc1c(F)c(F)c(C)c2c1c(=O)c(C(C)=O)cn2C1CC1. The van der Waals surface area contributed by atoms with Gasteiger partial charge >= 0.3 is 0 Å². The minimum atomic E-state index is -1.30. The average Bonchev–Trinajstić information content (AvgIpc) is 3.33. The van der Waals surface area contributed by atoms with E-state index in [1.165, 1.54) is 20.0 Å². The minimum absolute atomic E-state index is 0.0179. The fraction of sp³-hybridized carbons (Fsp3) is 0.353. The molecule has 1 saturated carbocycles. The molecule has 1 amide bonds. The molecule has 1 aromatic carbocycles. The van der Waals surface area contributed by atoms with Crippen molar-refractivity contribution in [2.75, 3.05) is 5.32 Å². The van der Waals surface area contributed by atoms with Crippen LogP contribution in [0.15, 0.2) is 11.0 Å². The second kappa shape index (κ2) is 5.51. The zero-order chi connectivity index (χ0) is 17.8. The Balaban J connectivity index is 2.56. The van der Waals surface area contributed by atoms with Crippen molar-refractivity contribution in [3.63, 3.8) is 0 Å². The quantitative estimate of drug-likeness (QED) is 0.877. The highest BCUT2D eigenvalue weighted by molar-refractivity contribution is 6.05. The third-order valence-electron chi connectivity index (χ3n) is 4.20. The Labute approximate surface area is 136 Å². The Hall–Kier alpha value is -2.57. The van der Waals surface area contributed by atoms with Gasteiger partial charge in [0.2, 0.25) is 11.3 Å². The van der Waals surface area contributed by atoms with E-state index in [1.54, 1.807) is 4.57 Å². The number of nitrogens with zero attached hydrogens (tertiary/aromatic N) is 1. The maximum atomic E-state index is 14.4. The van der Waals surface area contributed by atoms with Gasteiger partial charge in [-0.1, -0.05) is 0 Å². The van der Waals surface area contributed by atoms with Gasteiger partial charge in [-0.2, -0.15) is 0 Å². The summed E-state index contributed by atoms with van der Waals surface area (Å²) in [5, 5.41) is 2.03. The number of halogens is 2. The summed E-state index contributed by atoms with van der Waals surface area (Å²) in [6.07, 6.45) is 3.05. The van der Waals surface area contributed by atoms with Crippen LogP contribution in [0.4, 0.5) is 14.5 Å². The molecule has 0 atom stereocenters. The molecule has 1 aliphatic rings. The lowest BCUT2D eigenvalue weighted by Crippen LogP contribution is -2.22. The number of aryl methyl sites for hydroxylation is 1. The molecule has 0 radical (unpaired) electrons. The summed E-state index contributed by atoms with van der Waals surface area (Å²) < 4.78 is 30.4. The summed E-state index contributed by atoms with van der Waals surface area (Å²) >= 11 is 0. The number of ketones is 1. The van der Waals surface area contributed by atoms with Crippen molar-refractivity contribution in [2.45, 2.75) is 39.7 Å². The molecule has 0 unspecified atom stereocenters. The summed E-state index contributed by atoms with van der Waals surface area (Å²) in [5.41, 5.74) is -1.12. The number of rotatable bonds is 3. The fourth-order valence-electron chi connectivity index (χ4n) is 2.92. The van der Waals surface area contributed by atoms with Gasteiger partial charge in [-0.15, -0.1) is 0 Å². The normalized spacial score (nSPS) is 14.0. The molecule has 1 N–H and O–H groups in total. The Morgan fingerprint density at radius 1 is 1.21 bits per heavy atom. The van der Waals surface area contributed by atoms with Crippen molar-refractivity contribution >= 4 is 28.3 Å². The third-order valence-corrected chi connectivity index (χ3v) is 4.20. The lowest BCUT2D eigenvalue weighted by atomic mass is 10.0. The first-order chi connectivity index (χ1) is 11.2. The molecular formula is C17H16F2N2O3. The van der Waals surface area contributed by atoms with Crippen LogP contribution in [0.5, 0.6) is 0 Å². The third kappa shape index (κ3) is 2.40. The lowest BCUT2D eigenvalue weighted by Gasteiger charge is -2.18. The molecule has 0 bridgehead atoms. The molecule has 1 aliphatic carbocycles. The predicted molar refractivity (Wildman–Crippen MR) is 85.4 cm³/mol. The van der Waals surface area contributed by atoms with Crippen LogP contribution in [0.3, 0.4) is 0 Å². The molecule has 1 heterocycles. The first-order valence-corrected chi connectivity index (χ1v) is 7.59. The van der Waals surface area contributed by atoms with Crippen LogP contribution in [0.2, 0.25) is 0 Å². The fourth-order valence-corrected chi connectivity index (χ4v) is 2.92. The summed E-state index contributed by atoms with van der Waals surface area (Å²) in [4.78, 5) is 35.9. The Morgan fingerprint density at radius 2 is 1.83 bits per heavy atom. The van der Waals surface area contributed by atoms with E-state index < -0.39 is 34.4 Å². The van der Waals surface area contributed by atoms with E-state index in [2.05, 4.69) is 5.32 Å². The van der Waals surface area contributed by atoms with Crippen LogP contribution in [0.25, 0.3) is 10.9 Å². The van der Waals surface area contributed by atoms with Gasteiger partial charge in [0, 0.05) is 24.7 Å². The van der Waals surface area contributed by atoms with Crippen LogP contribution < -0.4 is 10.7 Å². The Kier molecular flexibility index (Phi) is 3.74. The maximum absolute atomic E-state index is 14.4. The van der Waals surface area contributed by atoms with Crippen LogP contribution in [-0.2, 0) is 4.79 Å². The highest BCUT2D eigenvalue weighted by Gasteiger charge is 2.30. The number of carbonyl (C=O) groups excluding carboxylic acids is 2. The molecule has 2 aromatic rings. The predicted octanol–water partition coefficient (Wildman–Crippen LogP) is 3.08. The van der Waals surface area contributed by atoms with E-state index in [0.29, 0.717) is 0 Å². The molecule has 0 spiro atoms. The van der Waals surface area contributed by atoms with Crippen molar-refractivity contribution in [2.24, 2.45) is 0 Å². The second-order valence-electron chi connectivity index (χ2n) is 6.10. The summed E-state index contributed by atoms with van der Waals surface area (Å²) in [5.74, 6) is -3.51. The van der Waals surface area contributed by atoms with Crippen molar-refractivity contribution in [3.8, 4) is 0 Å². The van der Waals surface area contributed by atoms with Gasteiger partial charge in [-0.05, 0) is 26.7 Å². The number of fused-ring (bicyclic) bond motifs is 1. The molecule has 7 heteroatoms. The number of amides is 1. The van der Waals surface area contributed by atoms with Gasteiger partial charge in [0.25, 0.3) is 0 Å². The molecule has 3 rings (SSSR count). The largest absolute Gasteiger partial charge is 0.343 e. The number of aromatic nitrogens is 1. The van der Waals surface area contributed by atoms with Gasteiger partial charge in [0.05, 0.1) is 22.2 Å². The average molecular weight is 334 g/mol. The van der Waals surface area contributed by atoms with E-state index >= 15 is 0 Å². The van der Waals surface area contributed by atoms with Crippen molar-refractivity contribution in [1.82, 2.24) is 4.57 Å². The van der Waals surface area contributed by atoms with Crippen LogP contribution in [-0.4, -0.2) is 16.3 Å². The van der Waals surface area contributed by atoms with E-state index in [1.807, 2.05) is 0 Å². The van der Waals surface area contributed by atoms with E-state index in [0.717, 1.165) is 19.8 Å². The zero-order valence-corrected chi connectivity index (χ0v) is 13.5. The van der Waals surface area contributed by atoms with Gasteiger partial charge in [0.1, 0.15) is 0 Å². The maximum Gasteiger partial charge on any atom is 0.221 e. The number of benzene rings is 1. The summed E-state index contributed by atoms with van der Waals surface area (Å²) in [6, 6.07) is 0.0277. The van der Waals surface area contributed by atoms with Crippen molar-refractivity contribution in [1.29, 1.82) is 0 Å². The number of pyridine rings is 1. The van der Waals surface area contributed by atoms with Crippen LogP contribution in [0.1, 0.15) is 48.7 Å². The number of hydrogen-bond acceptors (Lipinski definition) is 3. The number of Topliss-reactive ketones (excluding diaryl/α,β-unsaturated/α-hetero) is 1. The molecule has 1 fully saturated rings. The van der Waals surface area contributed by atoms with E-state index in [4.69, 9.17) is 0 Å². The molecule has 5 nitrogen and oxygen atoms in total. The summed E-state index contributed by atoms with van der Waals surface area (Å²) in [7, 11) is 0. The first kappa shape index (κ1) is 16.3. The monoisotopic (exact) mass is 334 g/mol. The highest BCUT2D eigenvalue weighted by Crippen LogP contribution is 2.40. The van der Waals surface area contributed by atoms with Gasteiger partial charge < -0.3 is 9.88 Å². The molecule has 0 aliphatic heterocycles. The van der Waals surface area contributed by atoms with E-state index in [-0.39, 0.29) is 28.1 Å². The Morgan fingerprint density at radius 3 is 2.33 bits per heavy atom. The Bertz CT molecular complexity index is 959. The first-order valence-electron chi connectivity index (χ1n) is 7.59. The molecule has 1 aromatic heterocycles. The second-order valence-corrected chi connectivity index (χ2v) is 6.10. The number of hydrogen-bond donors (Lipinski definition) is 1. The molecule has 126 valence electrons. The smallest absolute Gasteiger partial charge is 0.221 e. The lowest BCUT2D eigenvalue weighted by molar-refractivity contribution is -0.114. The standard InChI is InChI=1S/C17H16F2N2O3/c1-7-13(18)14(19)15(20-9(3)23)12-16(7)21(10-4-5-10)6-11(8(2)22)17(12)24/h6,10H,4-5H2,1-3H3,(H,20,23). The number of carbonyl (C=O) groups is 2. The van der Waals surface area contributed by atoms with Crippen LogP contribution in [0, 0.1) is 18.6 Å². The summed E-state index contributed by atoms with van der Waals surface area (Å²) in [6.45, 7) is 3.76. The highest BCUT2D eigenvalue weighted by atomic mass is 19.2. The zero-order valence-electron chi connectivity index (χ0n) is 13.5. The van der Waals surface area contributed by atoms with Crippen LogP contribution >= 0.6 is 0 Å². The molecule has 0 saturated heterocycles.